The average Bonchev–Trinajstić information content (AvgIpc) is 3.03. The fraction of sp³-hybridized carbons (Fsp3) is 0.368. The Bertz CT molecular complexity index is 950. The summed E-state index contributed by atoms with van der Waals surface area (Å²) in [6, 6.07) is 8.60. The van der Waals surface area contributed by atoms with E-state index in [1.807, 2.05) is 12.1 Å². The molecule has 0 saturated carbocycles. The molecule has 3 saturated heterocycles. The first-order valence-corrected chi connectivity index (χ1v) is 9.56. The van der Waals surface area contributed by atoms with Crippen LogP contribution >= 0.6 is 11.3 Å². The molecule has 26 heavy (non-hydrogen) atoms. The van der Waals surface area contributed by atoms with Gasteiger partial charge in [0.1, 0.15) is 11.6 Å². The number of benzene rings is 1. The van der Waals surface area contributed by atoms with Gasteiger partial charge in [-0.25, -0.2) is 9.37 Å². The van der Waals surface area contributed by atoms with Crippen molar-refractivity contribution in [3.63, 3.8) is 0 Å². The molecular weight excluding hydrogens is 351 g/mol. The van der Waals surface area contributed by atoms with Crippen molar-refractivity contribution in [3.05, 3.63) is 48.0 Å². The van der Waals surface area contributed by atoms with Gasteiger partial charge in [0.05, 0.1) is 23.5 Å². The number of hydrogen-bond acceptors (Lipinski definition) is 6. The summed E-state index contributed by atoms with van der Waals surface area (Å²) in [4.78, 5) is 13.6. The Morgan fingerprint density at radius 1 is 1.23 bits per heavy atom. The first-order chi connectivity index (χ1) is 12.7. The van der Waals surface area contributed by atoms with Crippen LogP contribution in [0.1, 0.15) is 12.0 Å². The van der Waals surface area contributed by atoms with E-state index in [0.717, 1.165) is 41.6 Å². The van der Waals surface area contributed by atoms with Crippen molar-refractivity contribution in [3.8, 4) is 5.75 Å². The van der Waals surface area contributed by atoms with Gasteiger partial charge in [-0.3, -0.25) is 9.88 Å². The number of anilines is 1. The first-order valence-electron chi connectivity index (χ1n) is 8.74. The van der Waals surface area contributed by atoms with Crippen LogP contribution in [-0.2, 0) is 6.54 Å². The number of piperazine rings is 1. The predicted molar refractivity (Wildman–Crippen MR) is 100 cm³/mol. The number of aromatic nitrogens is 2. The smallest absolute Gasteiger partial charge is 0.187 e. The Morgan fingerprint density at radius 3 is 2.85 bits per heavy atom. The minimum atomic E-state index is -0.267. The zero-order chi connectivity index (χ0) is 17.7. The van der Waals surface area contributed by atoms with E-state index in [2.05, 4.69) is 20.9 Å². The monoisotopic (exact) mass is 370 g/mol. The number of pyridine rings is 1. The van der Waals surface area contributed by atoms with Crippen molar-refractivity contribution in [1.82, 2.24) is 14.9 Å². The minimum Gasteiger partial charge on any atom is -0.497 e. The number of ether oxygens (including phenoxy) is 1. The number of halogens is 1. The molecule has 0 spiro atoms. The van der Waals surface area contributed by atoms with E-state index >= 15 is 0 Å². The van der Waals surface area contributed by atoms with Crippen LogP contribution in [0.15, 0.2) is 36.7 Å². The molecule has 2 atom stereocenters. The van der Waals surface area contributed by atoms with Gasteiger partial charge in [0.25, 0.3) is 0 Å². The second kappa shape index (κ2) is 6.17. The highest BCUT2D eigenvalue weighted by Gasteiger charge is 2.45. The van der Waals surface area contributed by atoms with Crippen LogP contribution in [0.4, 0.5) is 9.52 Å². The Balaban J connectivity index is 1.31. The molecule has 3 aliphatic heterocycles. The van der Waals surface area contributed by atoms with Gasteiger partial charge < -0.3 is 9.64 Å². The molecule has 3 aromatic rings. The van der Waals surface area contributed by atoms with E-state index in [0.29, 0.717) is 12.1 Å². The van der Waals surface area contributed by atoms with E-state index in [9.17, 15) is 4.39 Å². The van der Waals surface area contributed by atoms with Gasteiger partial charge in [-0.15, -0.1) is 0 Å². The molecule has 0 aliphatic carbocycles. The van der Waals surface area contributed by atoms with Gasteiger partial charge >= 0.3 is 0 Å². The van der Waals surface area contributed by atoms with Gasteiger partial charge in [-0.2, -0.15) is 0 Å². The first kappa shape index (κ1) is 16.0. The summed E-state index contributed by atoms with van der Waals surface area (Å²) >= 11 is 1.75. The summed E-state index contributed by atoms with van der Waals surface area (Å²) < 4.78 is 19.8. The van der Waals surface area contributed by atoms with Crippen LogP contribution in [-0.4, -0.2) is 47.2 Å². The van der Waals surface area contributed by atoms with Crippen LogP contribution in [0, 0.1) is 5.82 Å². The molecule has 3 aliphatic rings. The Kier molecular flexibility index (Phi) is 3.79. The molecule has 1 aromatic carbocycles. The lowest BCUT2D eigenvalue weighted by atomic mass is 9.88. The number of fused-ring (bicyclic) bond motifs is 3. The topological polar surface area (TPSA) is 41.5 Å². The number of piperidine rings is 1. The fourth-order valence-corrected chi connectivity index (χ4v) is 5.16. The molecule has 0 amide bonds. The summed E-state index contributed by atoms with van der Waals surface area (Å²) in [7, 11) is 1.68. The number of methoxy groups -OCH3 is 1. The van der Waals surface area contributed by atoms with Gasteiger partial charge in [0.2, 0.25) is 0 Å². The van der Waals surface area contributed by atoms with Crippen molar-refractivity contribution >= 4 is 26.7 Å². The number of nitrogens with zero attached hydrogens (tertiary/aromatic N) is 4. The lowest BCUT2D eigenvalue weighted by molar-refractivity contribution is 0.108. The lowest BCUT2D eigenvalue weighted by Gasteiger charge is -2.56. The zero-order valence-electron chi connectivity index (χ0n) is 14.4. The summed E-state index contributed by atoms with van der Waals surface area (Å²) in [5.41, 5.74) is 1.93. The van der Waals surface area contributed by atoms with Crippen LogP contribution in [0.25, 0.3) is 10.2 Å². The summed E-state index contributed by atoms with van der Waals surface area (Å²) in [5.74, 6) is 0.573. The van der Waals surface area contributed by atoms with Crippen molar-refractivity contribution in [2.75, 3.05) is 25.1 Å². The Hall–Kier alpha value is -2.25. The zero-order valence-corrected chi connectivity index (χ0v) is 15.2. The predicted octanol–water partition coefficient (Wildman–Crippen LogP) is 3.30. The minimum absolute atomic E-state index is 0.267. The van der Waals surface area contributed by atoms with Gasteiger partial charge in [-0.05, 0) is 30.2 Å². The third kappa shape index (κ3) is 2.71. The maximum absolute atomic E-state index is 13.3. The standard InChI is InChI=1S/C19H19FN4OS/c1-25-16-2-3-18-17(6-16)22-19(26-18)24-14-5-15(24)11-23(10-14)9-12-4-13(20)8-21-7-12/h2-4,6-8,14-15H,5,9-11H2,1H3. The van der Waals surface area contributed by atoms with Crippen molar-refractivity contribution in [2.45, 2.75) is 25.0 Å². The second-order valence-electron chi connectivity index (χ2n) is 6.99. The second-order valence-corrected chi connectivity index (χ2v) is 8.00. The van der Waals surface area contributed by atoms with Crippen LogP contribution in [0.5, 0.6) is 5.75 Å². The SMILES string of the molecule is COc1ccc2sc(N3C4CC3CN(Cc3cncc(F)c3)C4)nc2c1. The normalized spacial score (nSPS) is 22.5. The molecule has 2 unspecified atom stereocenters. The fourth-order valence-electron chi connectivity index (χ4n) is 4.07. The number of hydrogen-bond donors (Lipinski definition) is 0. The molecule has 3 fully saturated rings. The average molecular weight is 370 g/mol. The maximum Gasteiger partial charge on any atom is 0.187 e. The quantitative estimate of drug-likeness (QED) is 0.705. The summed E-state index contributed by atoms with van der Waals surface area (Å²) in [5, 5.41) is 1.10. The molecule has 134 valence electrons. The third-order valence-corrected chi connectivity index (χ3v) is 6.29. The van der Waals surface area contributed by atoms with Crippen molar-refractivity contribution < 1.29 is 9.13 Å². The largest absolute Gasteiger partial charge is 0.497 e. The highest BCUT2D eigenvalue weighted by Crippen LogP contribution is 2.41. The number of rotatable bonds is 4. The van der Waals surface area contributed by atoms with Crippen molar-refractivity contribution in [1.29, 1.82) is 0 Å². The molecule has 5 heterocycles. The molecule has 0 radical (unpaired) electrons. The van der Waals surface area contributed by atoms with Crippen LogP contribution in [0.2, 0.25) is 0 Å². The van der Waals surface area contributed by atoms with Crippen LogP contribution < -0.4 is 9.64 Å². The van der Waals surface area contributed by atoms with Gasteiger partial charge in [0, 0.05) is 44.0 Å². The van der Waals surface area contributed by atoms with E-state index < -0.39 is 0 Å². The lowest BCUT2D eigenvalue weighted by Crippen LogP contribution is -2.68. The highest BCUT2D eigenvalue weighted by molar-refractivity contribution is 7.22. The van der Waals surface area contributed by atoms with E-state index in [1.165, 1.54) is 17.3 Å². The molecule has 2 bridgehead atoms. The molecule has 5 nitrogen and oxygen atoms in total. The van der Waals surface area contributed by atoms with E-state index in [-0.39, 0.29) is 5.82 Å². The molecule has 0 N–H and O–H groups in total. The molecule has 2 aromatic heterocycles. The number of thiazole rings is 1. The van der Waals surface area contributed by atoms with Gasteiger partial charge in [-0.1, -0.05) is 11.3 Å². The summed E-state index contributed by atoms with van der Waals surface area (Å²) in [6.07, 6.45) is 4.21. The Morgan fingerprint density at radius 2 is 2.08 bits per heavy atom. The summed E-state index contributed by atoms with van der Waals surface area (Å²) in [6.45, 7) is 2.71. The highest BCUT2D eigenvalue weighted by atomic mass is 32.1. The third-order valence-electron chi connectivity index (χ3n) is 5.24. The Labute approximate surface area is 155 Å². The van der Waals surface area contributed by atoms with E-state index in [4.69, 9.17) is 9.72 Å². The van der Waals surface area contributed by atoms with E-state index in [1.54, 1.807) is 30.7 Å². The van der Waals surface area contributed by atoms with Crippen LogP contribution in [0.3, 0.4) is 0 Å². The maximum atomic E-state index is 13.3. The molecule has 7 heteroatoms. The molecule has 6 rings (SSSR count). The van der Waals surface area contributed by atoms with Gasteiger partial charge in [0.15, 0.2) is 5.13 Å². The van der Waals surface area contributed by atoms with Crippen molar-refractivity contribution in [2.24, 2.45) is 0 Å². The molecular formula is C19H19FN4OS.